The fraction of sp³-hybridized carbons (Fsp3) is 0.692. The average Bonchev–Trinajstić information content (AvgIpc) is 2.64. The lowest BCUT2D eigenvalue weighted by atomic mass is 10.2. The Kier molecular flexibility index (Phi) is 5.48. The second-order valence-electron chi connectivity index (χ2n) is 4.18. The summed E-state index contributed by atoms with van der Waals surface area (Å²) in [4.78, 5) is 0. The lowest BCUT2D eigenvalue weighted by molar-refractivity contribution is 0.412. The van der Waals surface area contributed by atoms with Gasteiger partial charge in [-0.1, -0.05) is 26.2 Å². The van der Waals surface area contributed by atoms with Crippen molar-refractivity contribution >= 4 is 0 Å². The van der Waals surface area contributed by atoms with E-state index in [1.165, 1.54) is 25.7 Å². The summed E-state index contributed by atoms with van der Waals surface area (Å²) in [6, 6.07) is 4.41. The Labute approximate surface area is 93.1 Å². The minimum atomic E-state index is 0.334. The van der Waals surface area contributed by atoms with E-state index in [1.54, 1.807) is 0 Å². The van der Waals surface area contributed by atoms with E-state index in [1.807, 2.05) is 13.0 Å². The maximum absolute atomic E-state index is 5.56. The van der Waals surface area contributed by atoms with E-state index < -0.39 is 0 Å². The van der Waals surface area contributed by atoms with Gasteiger partial charge in [0.1, 0.15) is 11.5 Å². The fourth-order valence-electron chi connectivity index (χ4n) is 1.66. The highest BCUT2D eigenvalue weighted by Crippen LogP contribution is 2.15. The SMILES string of the molecule is CCCCCCN[C@H](C)c1ccc(C)o1. The van der Waals surface area contributed by atoms with Crippen molar-refractivity contribution in [3.8, 4) is 0 Å². The van der Waals surface area contributed by atoms with Crippen LogP contribution in [-0.2, 0) is 0 Å². The number of hydrogen-bond donors (Lipinski definition) is 1. The molecule has 0 amide bonds. The van der Waals surface area contributed by atoms with Crippen molar-refractivity contribution in [2.24, 2.45) is 0 Å². The Morgan fingerprint density at radius 3 is 2.67 bits per heavy atom. The average molecular weight is 209 g/mol. The molecule has 15 heavy (non-hydrogen) atoms. The minimum Gasteiger partial charge on any atom is -0.465 e. The van der Waals surface area contributed by atoms with Crippen molar-refractivity contribution in [2.45, 2.75) is 52.5 Å². The molecule has 1 rings (SSSR count). The van der Waals surface area contributed by atoms with Gasteiger partial charge in [0.2, 0.25) is 0 Å². The predicted molar refractivity (Wildman–Crippen MR) is 64.0 cm³/mol. The fourth-order valence-corrected chi connectivity index (χ4v) is 1.66. The molecule has 0 fully saturated rings. The molecular weight excluding hydrogens is 186 g/mol. The van der Waals surface area contributed by atoms with Crippen LogP contribution in [-0.4, -0.2) is 6.54 Å². The Balaban J connectivity index is 2.16. The van der Waals surface area contributed by atoms with Crippen LogP contribution in [0.1, 0.15) is 57.1 Å². The van der Waals surface area contributed by atoms with Crippen molar-refractivity contribution in [3.63, 3.8) is 0 Å². The first-order valence-corrected chi connectivity index (χ1v) is 6.03. The molecule has 2 heteroatoms. The lowest BCUT2D eigenvalue weighted by Crippen LogP contribution is -2.19. The van der Waals surface area contributed by atoms with E-state index in [0.717, 1.165) is 18.1 Å². The second-order valence-corrected chi connectivity index (χ2v) is 4.18. The van der Waals surface area contributed by atoms with Gasteiger partial charge in [-0.2, -0.15) is 0 Å². The van der Waals surface area contributed by atoms with Gasteiger partial charge in [0.15, 0.2) is 0 Å². The highest BCUT2D eigenvalue weighted by Gasteiger charge is 2.07. The molecule has 0 radical (unpaired) electrons. The smallest absolute Gasteiger partial charge is 0.120 e. The van der Waals surface area contributed by atoms with Gasteiger partial charge in [-0.25, -0.2) is 0 Å². The first-order chi connectivity index (χ1) is 7.24. The standard InChI is InChI=1S/C13H23NO/c1-4-5-6-7-10-14-12(3)13-9-8-11(2)15-13/h8-9,12,14H,4-7,10H2,1-3H3/t12-/m1/s1. The molecule has 1 heterocycles. The number of aryl methyl sites for hydroxylation is 1. The summed E-state index contributed by atoms with van der Waals surface area (Å²) in [5.74, 6) is 2.03. The molecule has 1 N–H and O–H groups in total. The van der Waals surface area contributed by atoms with Gasteiger partial charge in [-0.05, 0) is 38.9 Å². The van der Waals surface area contributed by atoms with Crippen LogP contribution in [0.5, 0.6) is 0 Å². The summed E-state index contributed by atoms with van der Waals surface area (Å²) in [7, 11) is 0. The zero-order valence-electron chi connectivity index (χ0n) is 10.2. The summed E-state index contributed by atoms with van der Waals surface area (Å²) in [6.07, 6.45) is 5.23. The third kappa shape index (κ3) is 4.52. The molecule has 0 spiro atoms. The summed E-state index contributed by atoms with van der Waals surface area (Å²) < 4.78 is 5.56. The third-order valence-corrected chi connectivity index (χ3v) is 2.67. The molecule has 0 bridgehead atoms. The van der Waals surface area contributed by atoms with Crippen molar-refractivity contribution in [1.29, 1.82) is 0 Å². The normalized spacial score (nSPS) is 13.0. The van der Waals surface area contributed by atoms with Crippen LogP contribution in [0.2, 0.25) is 0 Å². The monoisotopic (exact) mass is 209 g/mol. The maximum atomic E-state index is 5.56. The topological polar surface area (TPSA) is 25.2 Å². The van der Waals surface area contributed by atoms with Crippen molar-refractivity contribution < 1.29 is 4.42 Å². The van der Waals surface area contributed by atoms with Crippen LogP contribution in [0.15, 0.2) is 16.5 Å². The summed E-state index contributed by atoms with van der Waals surface area (Å²) in [5.41, 5.74) is 0. The van der Waals surface area contributed by atoms with Gasteiger partial charge < -0.3 is 9.73 Å². The highest BCUT2D eigenvalue weighted by molar-refractivity contribution is 5.08. The van der Waals surface area contributed by atoms with Gasteiger partial charge in [0.05, 0.1) is 6.04 Å². The number of nitrogens with one attached hydrogen (secondary N) is 1. The minimum absolute atomic E-state index is 0.334. The number of hydrogen-bond acceptors (Lipinski definition) is 2. The van der Waals surface area contributed by atoms with Crippen LogP contribution in [0.3, 0.4) is 0 Å². The summed E-state index contributed by atoms with van der Waals surface area (Å²) >= 11 is 0. The molecule has 2 nitrogen and oxygen atoms in total. The molecule has 1 atom stereocenters. The van der Waals surface area contributed by atoms with Crippen LogP contribution in [0, 0.1) is 6.92 Å². The zero-order valence-corrected chi connectivity index (χ0v) is 10.2. The van der Waals surface area contributed by atoms with Crippen LogP contribution >= 0.6 is 0 Å². The molecule has 0 aliphatic carbocycles. The maximum Gasteiger partial charge on any atom is 0.120 e. The van der Waals surface area contributed by atoms with Crippen LogP contribution in [0.25, 0.3) is 0 Å². The number of furan rings is 1. The Morgan fingerprint density at radius 1 is 1.27 bits per heavy atom. The van der Waals surface area contributed by atoms with Crippen molar-refractivity contribution in [2.75, 3.05) is 6.54 Å². The van der Waals surface area contributed by atoms with Gasteiger partial charge in [0.25, 0.3) is 0 Å². The van der Waals surface area contributed by atoms with Gasteiger partial charge >= 0.3 is 0 Å². The molecule has 0 aromatic carbocycles. The van der Waals surface area contributed by atoms with E-state index in [9.17, 15) is 0 Å². The Hall–Kier alpha value is -0.760. The third-order valence-electron chi connectivity index (χ3n) is 2.67. The molecule has 0 aliphatic heterocycles. The predicted octanol–water partition coefficient (Wildman–Crippen LogP) is 3.82. The van der Waals surface area contributed by atoms with E-state index in [-0.39, 0.29) is 0 Å². The molecule has 1 aromatic heterocycles. The number of unbranched alkanes of at least 4 members (excludes halogenated alkanes) is 3. The molecule has 0 aliphatic rings. The lowest BCUT2D eigenvalue weighted by Gasteiger charge is -2.10. The Bertz CT molecular complexity index is 267. The van der Waals surface area contributed by atoms with Gasteiger partial charge in [0, 0.05) is 0 Å². The molecule has 0 unspecified atom stereocenters. The molecule has 86 valence electrons. The summed E-state index contributed by atoms with van der Waals surface area (Å²) in [5, 5.41) is 3.48. The quantitative estimate of drug-likeness (QED) is 0.691. The van der Waals surface area contributed by atoms with Gasteiger partial charge in [-0.15, -0.1) is 0 Å². The first-order valence-electron chi connectivity index (χ1n) is 6.03. The molecule has 1 aromatic rings. The molecule has 0 saturated carbocycles. The first kappa shape index (κ1) is 12.3. The highest BCUT2D eigenvalue weighted by atomic mass is 16.3. The van der Waals surface area contributed by atoms with Crippen molar-refractivity contribution in [1.82, 2.24) is 5.32 Å². The van der Waals surface area contributed by atoms with E-state index >= 15 is 0 Å². The summed E-state index contributed by atoms with van der Waals surface area (Å²) in [6.45, 7) is 7.46. The number of rotatable bonds is 7. The van der Waals surface area contributed by atoms with Crippen LogP contribution < -0.4 is 5.32 Å². The van der Waals surface area contributed by atoms with E-state index in [2.05, 4.69) is 25.2 Å². The zero-order chi connectivity index (χ0) is 11.1. The van der Waals surface area contributed by atoms with E-state index in [4.69, 9.17) is 4.42 Å². The van der Waals surface area contributed by atoms with E-state index in [0.29, 0.717) is 6.04 Å². The Morgan fingerprint density at radius 2 is 2.07 bits per heavy atom. The second kappa shape index (κ2) is 6.67. The van der Waals surface area contributed by atoms with Gasteiger partial charge in [-0.3, -0.25) is 0 Å². The largest absolute Gasteiger partial charge is 0.465 e. The molecule has 0 saturated heterocycles. The van der Waals surface area contributed by atoms with Crippen LogP contribution in [0.4, 0.5) is 0 Å². The molecular formula is C13H23NO. The van der Waals surface area contributed by atoms with Crippen molar-refractivity contribution in [3.05, 3.63) is 23.7 Å².